The number of carbonyl (C=O) groups excluding carboxylic acids is 2. The zero-order valence-electron chi connectivity index (χ0n) is 14.2. The van der Waals surface area contributed by atoms with Crippen LogP contribution >= 0.6 is 0 Å². The molecule has 2 unspecified atom stereocenters. The van der Waals surface area contributed by atoms with Crippen LogP contribution in [0.25, 0.3) is 0 Å². The summed E-state index contributed by atoms with van der Waals surface area (Å²) in [4.78, 5) is 29.9. The van der Waals surface area contributed by atoms with Crippen LogP contribution in [0.1, 0.15) is 66.7 Å². The SMILES string of the molecule is CCC(CC)(CC)N1C(=O)C2CCCN2C(=O)C1C(C)C. The van der Waals surface area contributed by atoms with Crippen molar-refractivity contribution in [3.8, 4) is 0 Å². The van der Waals surface area contributed by atoms with Crippen LogP contribution in [-0.2, 0) is 9.59 Å². The van der Waals surface area contributed by atoms with Crippen molar-refractivity contribution in [1.29, 1.82) is 0 Å². The van der Waals surface area contributed by atoms with E-state index in [0.29, 0.717) is 0 Å². The molecule has 4 heteroatoms. The van der Waals surface area contributed by atoms with Gasteiger partial charge in [0.1, 0.15) is 12.1 Å². The number of nitrogens with zero attached hydrogens (tertiary/aromatic N) is 2. The van der Waals surface area contributed by atoms with E-state index < -0.39 is 0 Å². The zero-order chi connectivity index (χ0) is 15.8. The minimum atomic E-state index is -0.285. The van der Waals surface area contributed by atoms with Crippen LogP contribution in [0.4, 0.5) is 0 Å². The quantitative estimate of drug-likeness (QED) is 0.782. The molecule has 2 atom stereocenters. The maximum Gasteiger partial charge on any atom is 0.246 e. The predicted molar refractivity (Wildman–Crippen MR) is 83.8 cm³/mol. The third-order valence-corrected chi connectivity index (χ3v) is 5.71. The van der Waals surface area contributed by atoms with E-state index in [1.165, 1.54) is 0 Å². The van der Waals surface area contributed by atoms with Crippen molar-refractivity contribution in [3.05, 3.63) is 0 Å². The lowest BCUT2D eigenvalue weighted by Crippen LogP contribution is -2.70. The van der Waals surface area contributed by atoms with Crippen LogP contribution in [-0.4, -0.2) is 45.8 Å². The Morgan fingerprint density at radius 2 is 1.67 bits per heavy atom. The summed E-state index contributed by atoms with van der Waals surface area (Å²) < 4.78 is 0. The van der Waals surface area contributed by atoms with Crippen molar-refractivity contribution in [2.45, 2.75) is 84.3 Å². The molecule has 0 N–H and O–H groups in total. The maximum atomic E-state index is 13.1. The number of carbonyl (C=O) groups is 2. The molecule has 0 aromatic rings. The van der Waals surface area contributed by atoms with E-state index in [9.17, 15) is 9.59 Å². The summed E-state index contributed by atoms with van der Waals surface area (Å²) in [6, 6.07) is -0.483. The lowest BCUT2D eigenvalue weighted by Gasteiger charge is -2.53. The molecular weight excluding hydrogens is 264 g/mol. The van der Waals surface area contributed by atoms with Gasteiger partial charge in [0.15, 0.2) is 0 Å². The summed E-state index contributed by atoms with van der Waals surface area (Å²) in [5.74, 6) is 0.523. The minimum Gasteiger partial charge on any atom is -0.329 e. The molecule has 2 aliphatic heterocycles. The molecular formula is C17H30N2O2. The molecule has 0 aromatic carbocycles. The summed E-state index contributed by atoms with van der Waals surface area (Å²) in [6.07, 6.45) is 4.52. The van der Waals surface area contributed by atoms with E-state index in [1.54, 1.807) is 0 Å². The highest BCUT2D eigenvalue weighted by Gasteiger charge is 2.53. The van der Waals surface area contributed by atoms with E-state index in [4.69, 9.17) is 0 Å². The largest absolute Gasteiger partial charge is 0.329 e. The van der Waals surface area contributed by atoms with Crippen molar-refractivity contribution in [3.63, 3.8) is 0 Å². The van der Waals surface area contributed by atoms with E-state index in [-0.39, 0.29) is 35.4 Å². The third-order valence-electron chi connectivity index (χ3n) is 5.71. The van der Waals surface area contributed by atoms with Crippen LogP contribution in [0.2, 0.25) is 0 Å². The summed E-state index contributed by atoms with van der Waals surface area (Å²) in [7, 11) is 0. The van der Waals surface area contributed by atoms with Crippen molar-refractivity contribution < 1.29 is 9.59 Å². The number of rotatable bonds is 5. The van der Waals surface area contributed by atoms with Crippen molar-refractivity contribution in [2.24, 2.45) is 5.92 Å². The van der Waals surface area contributed by atoms with Gasteiger partial charge in [-0.05, 0) is 38.0 Å². The van der Waals surface area contributed by atoms with Gasteiger partial charge in [0.05, 0.1) is 0 Å². The summed E-state index contributed by atoms with van der Waals surface area (Å²) in [5, 5.41) is 0. The first-order valence-electron chi connectivity index (χ1n) is 8.57. The number of piperazine rings is 1. The zero-order valence-corrected chi connectivity index (χ0v) is 14.2. The van der Waals surface area contributed by atoms with E-state index in [0.717, 1.165) is 38.6 Å². The lowest BCUT2D eigenvalue weighted by molar-refractivity contribution is -0.170. The maximum absolute atomic E-state index is 13.1. The van der Waals surface area contributed by atoms with E-state index >= 15 is 0 Å². The van der Waals surface area contributed by atoms with Gasteiger partial charge in [-0.25, -0.2) is 0 Å². The second-order valence-corrected chi connectivity index (χ2v) is 6.87. The number of hydrogen-bond acceptors (Lipinski definition) is 2. The van der Waals surface area contributed by atoms with Crippen LogP contribution < -0.4 is 0 Å². The summed E-state index contributed by atoms with van der Waals surface area (Å²) >= 11 is 0. The molecule has 2 rings (SSSR count). The summed E-state index contributed by atoms with van der Waals surface area (Å²) in [5.41, 5.74) is -0.170. The molecule has 0 saturated carbocycles. The van der Waals surface area contributed by atoms with Crippen molar-refractivity contribution in [1.82, 2.24) is 9.80 Å². The third kappa shape index (κ3) is 2.36. The number of hydrogen-bond donors (Lipinski definition) is 0. The van der Waals surface area contributed by atoms with Gasteiger partial charge in [0.2, 0.25) is 11.8 Å². The first-order chi connectivity index (χ1) is 9.93. The molecule has 2 aliphatic rings. The van der Waals surface area contributed by atoms with Crippen LogP contribution in [0.5, 0.6) is 0 Å². The topological polar surface area (TPSA) is 40.6 Å². The van der Waals surface area contributed by atoms with Crippen molar-refractivity contribution >= 4 is 11.8 Å². The van der Waals surface area contributed by atoms with Crippen LogP contribution in [0.3, 0.4) is 0 Å². The smallest absolute Gasteiger partial charge is 0.246 e. The molecule has 2 amide bonds. The highest BCUT2D eigenvalue weighted by atomic mass is 16.2. The van der Waals surface area contributed by atoms with E-state index in [1.807, 2.05) is 9.80 Å². The molecule has 0 radical (unpaired) electrons. The molecule has 2 fully saturated rings. The summed E-state index contributed by atoms with van der Waals surface area (Å²) in [6.45, 7) is 11.3. The Labute approximate surface area is 128 Å². The highest BCUT2D eigenvalue weighted by molar-refractivity contribution is 5.98. The molecule has 120 valence electrons. The molecule has 0 bridgehead atoms. The molecule has 0 spiro atoms. The Morgan fingerprint density at radius 3 is 2.14 bits per heavy atom. The molecule has 21 heavy (non-hydrogen) atoms. The lowest BCUT2D eigenvalue weighted by atomic mass is 9.82. The monoisotopic (exact) mass is 294 g/mol. The van der Waals surface area contributed by atoms with Gasteiger partial charge in [0, 0.05) is 12.1 Å². The molecule has 2 saturated heterocycles. The van der Waals surface area contributed by atoms with Gasteiger partial charge in [-0.15, -0.1) is 0 Å². The number of fused-ring (bicyclic) bond motifs is 1. The normalized spacial score (nSPS) is 26.8. The van der Waals surface area contributed by atoms with Gasteiger partial charge in [-0.1, -0.05) is 34.6 Å². The van der Waals surface area contributed by atoms with Crippen molar-refractivity contribution in [2.75, 3.05) is 6.54 Å². The van der Waals surface area contributed by atoms with E-state index in [2.05, 4.69) is 34.6 Å². The van der Waals surface area contributed by atoms with Crippen LogP contribution in [0, 0.1) is 5.92 Å². The van der Waals surface area contributed by atoms with Gasteiger partial charge < -0.3 is 9.80 Å². The van der Waals surface area contributed by atoms with Gasteiger partial charge in [-0.3, -0.25) is 9.59 Å². The van der Waals surface area contributed by atoms with Gasteiger partial charge >= 0.3 is 0 Å². The Kier molecular flexibility index (Phi) is 4.64. The fraction of sp³-hybridized carbons (Fsp3) is 0.882. The minimum absolute atomic E-state index is 0.159. The number of amides is 2. The predicted octanol–water partition coefficient (Wildman–Crippen LogP) is 2.81. The van der Waals surface area contributed by atoms with Gasteiger partial charge in [-0.2, -0.15) is 0 Å². The molecule has 2 heterocycles. The Bertz CT molecular complexity index is 407. The average Bonchev–Trinajstić information content (AvgIpc) is 2.96. The molecule has 0 aromatic heterocycles. The second kappa shape index (κ2) is 5.98. The first kappa shape index (κ1) is 16.3. The fourth-order valence-electron chi connectivity index (χ4n) is 4.24. The fourth-order valence-corrected chi connectivity index (χ4v) is 4.24. The standard InChI is InChI=1S/C17H30N2O2/c1-6-17(7-2,8-3)19-14(12(4)5)16(21)18-11-9-10-13(18)15(19)20/h12-14H,6-11H2,1-5H3. The van der Waals surface area contributed by atoms with Gasteiger partial charge in [0.25, 0.3) is 0 Å². The van der Waals surface area contributed by atoms with Crippen LogP contribution in [0.15, 0.2) is 0 Å². The second-order valence-electron chi connectivity index (χ2n) is 6.87. The first-order valence-corrected chi connectivity index (χ1v) is 8.57. The Morgan fingerprint density at radius 1 is 1.10 bits per heavy atom. The molecule has 0 aliphatic carbocycles. The highest BCUT2D eigenvalue weighted by Crippen LogP contribution is 2.38. The molecule has 4 nitrogen and oxygen atoms in total. The average molecular weight is 294 g/mol. The Hall–Kier alpha value is -1.06. The Balaban J connectivity index is 2.48.